The lowest BCUT2D eigenvalue weighted by molar-refractivity contribution is -0.118. The summed E-state index contributed by atoms with van der Waals surface area (Å²) in [6, 6.07) is 17.8. The number of benzene rings is 3. The first-order valence-electron chi connectivity index (χ1n) is 10.4. The van der Waals surface area contributed by atoms with E-state index in [-0.39, 0.29) is 12.5 Å². The summed E-state index contributed by atoms with van der Waals surface area (Å²) in [5.41, 5.74) is 6.51. The van der Waals surface area contributed by atoms with Gasteiger partial charge in [0.25, 0.3) is 5.91 Å². The topological polar surface area (TPSA) is 101 Å². The Kier molecular flexibility index (Phi) is 8.64. The maximum absolute atomic E-state index is 12.2. The van der Waals surface area contributed by atoms with Gasteiger partial charge in [0, 0.05) is 21.4 Å². The molecule has 0 atom stereocenters. The lowest BCUT2D eigenvalue weighted by atomic mass is 10.2. The molecule has 0 unspecified atom stereocenters. The first-order valence-corrected chi connectivity index (χ1v) is 11.2. The highest BCUT2D eigenvalue weighted by molar-refractivity contribution is 9.10. The number of nitrogens with one attached hydrogen (secondary N) is 3. The molecule has 9 heteroatoms. The van der Waals surface area contributed by atoms with Crippen LogP contribution in [-0.2, 0) is 4.79 Å². The second kappa shape index (κ2) is 11.9. The van der Waals surface area contributed by atoms with Crippen LogP contribution >= 0.6 is 15.9 Å². The Bertz CT molecular complexity index is 1200. The number of urea groups is 1. The van der Waals surface area contributed by atoms with Crippen LogP contribution in [0.15, 0.2) is 70.2 Å². The van der Waals surface area contributed by atoms with Gasteiger partial charge in [-0.1, -0.05) is 35.9 Å². The fourth-order valence-electron chi connectivity index (χ4n) is 2.92. The Labute approximate surface area is 206 Å². The van der Waals surface area contributed by atoms with Crippen LogP contribution in [0.5, 0.6) is 11.5 Å². The summed E-state index contributed by atoms with van der Waals surface area (Å²) < 4.78 is 11.7. The number of halogens is 1. The summed E-state index contributed by atoms with van der Waals surface area (Å²) in [6.07, 6.45) is 1.47. The van der Waals surface area contributed by atoms with Crippen molar-refractivity contribution in [3.05, 3.63) is 81.8 Å². The van der Waals surface area contributed by atoms with Crippen molar-refractivity contribution < 1.29 is 19.1 Å². The van der Waals surface area contributed by atoms with Crippen LogP contribution in [0.1, 0.15) is 16.7 Å². The molecule has 176 valence electrons. The molecule has 0 radical (unpaired) electrons. The highest BCUT2D eigenvalue weighted by Gasteiger charge is 2.12. The third kappa shape index (κ3) is 7.08. The normalized spacial score (nSPS) is 10.6. The van der Waals surface area contributed by atoms with Gasteiger partial charge >= 0.3 is 6.03 Å². The van der Waals surface area contributed by atoms with Gasteiger partial charge in [0.15, 0.2) is 18.1 Å². The maximum atomic E-state index is 12.2. The second-order valence-electron chi connectivity index (χ2n) is 7.37. The molecular formula is C25H25BrN4O4. The number of ether oxygens (including phenoxy) is 2. The van der Waals surface area contributed by atoms with Gasteiger partial charge in [-0.15, -0.1) is 0 Å². The molecule has 0 saturated carbocycles. The van der Waals surface area contributed by atoms with Crippen molar-refractivity contribution in [1.82, 2.24) is 5.43 Å². The predicted octanol–water partition coefficient (Wildman–Crippen LogP) is 5.25. The molecule has 0 aromatic heterocycles. The summed E-state index contributed by atoms with van der Waals surface area (Å²) in [5.74, 6) is 0.504. The quantitative estimate of drug-likeness (QED) is 0.276. The van der Waals surface area contributed by atoms with Crippen molar-refractivity contribution in [2.45, 2.75) is 13.8 Å². The summed E-state index contributed by atoms with van der Waals surface area (Å²) >= 11 is 3.45. The Balaban J connectivity index is 1.59. The van der Waals surface area contributed by atoms with Crippen molar-refractivity contribution in [3.8, 4) is 11.5 Å². The van der Waals surface area contributed by atoms with E-state index in [0.29, 0.717) is 32.9 Å². The molecule has 3 N–H and O–H groups in total. The van der Waals surface area contributed by atoms with E-state index >= 15 is 0 Å². The van der Waals surface area contributed by atoms with Crippen LogP contribution in [0, 0.1) is 13.8 Å². The van der Waals surface area contributed by atoms with E-state index in [2.05, 4.69) is 37.1 Å². The van der Waals surface area contributed by atoms with E-state index in [0.717, 1.165) is 11.1 Å². The number of methoxy groups -OCH3 is 1. The number of aryl methyl sites for hydroxylation is 2. The number of hydrogen-bond donors (Lipinski definition) is 3. The van der Waals surface area contributed by atoms with Crippen molar-refractivity contribution in [3.63, 3.8) is 0 Å². The second-order valence-corrected chi connectivity index (χ2v) is 8.22. The van der Waals surface area contributed by atoms with E-state index in [1.165, 1.54) is 13.3 Å². The minimum atomic E-state index is -0.465. The lowest BCUT2D eigenvalue weighted by Gasteiger charge is -2.13. The number of nitrogens with zero attached hydrogens (tertiary/aromatic N) is 1. The monoisotopic (exact) mass is 524 g/mol. The zero-order valence-electron chi connectivity index (χ0n) is 19.0. The molecule has 8 nitrogen and oxygen atoms in total. The third-order valence-corrected chi connectivity index (χ3v) is 5.43. The average Bonchev–Trinajstić information content (AvgIpc) is 2.82. The van der Waals surface area contributed by atoms with Gasteiger partial charge in [-0.2, -0.15) is 5.10 Å². The number of carbonyl (C=O) groups is 2. The van der Waals surface area contributed by atoms with Crippen molar-refractivity contribution >= 4 is 45.5 Å². The van der Waals surface area contributed by atoms with Crippen LogP contribution in [0.25, 0.3) is 0 Å². The smallest absolute Gasteiger partial charge is 0.339 e. The van der Waals surface area contributed by atoms with Gasteiger partial charge < -0.3 is 20.1 Å². The number of rotatable bonds is 8. The van der Waals surface area contributed by atoms with Crippen molar-refractivity contribution in [2.75, 3.05) is 24.4 Å². The molecule has 0 saturated heterocycles. The van der Waals surface area contributed by atoms with E-state index in [1.807, 2.05) is 56.3 Å². The van der Waals surface area contributed by atoms with Gasteiger partial charge in [-0.25, -0.2) is 10.2 Å². The highest BCUT2D eigenvalue weighted by Crippen LogP contribution is 2.33. The molecule has 0 heterocycles. The predicted molar refractivity (Wildman–Crippen MR) is 137 cm³/mol. The molecule has 0 bridgehead atoms. The van der Waals surface area contributed by atoms with Gasteiger partial charge in [0.05, 0.1) is 13.3 Å². The zero-order chi connectivity index (χ0) is 24.5. The van der Waals surface area contributed by atoms with Gasteiger partial charge in [-0.05, 0) is 65.7 Å². The average molecular weight is 525 g/mol. The summed E-state index contributed by atoms with van der Waals surface area (Å²) in [4.78, 5) is 24.3. The van der Waals surface area contributed by atoms with Gasteiger partial charge in [-0.3, -0.25) is 4.79 Å². The third-order valence-electron chi connectivity index (χ3n) is 4.74. The Morgan fingerprint density at radius 3 is 2.44 bits per heavy atom. The first-order chi connectivity index (χ1) is 16.4. The lowest BCUT2D eigenvalue weighted by Crippen LogP contribution is -2.24. The van der Waals surface area contributed by atoms with E-state index in [9.17, 15) is 9.59 Å². The minimum absolute atomic E-state index is 0.190. The van der Waals surface area contributed by atoms with Crippen LogP contribution in [0.4, 0.5) is 16.2 Å². The first kappa shape index (κ1) is 24.8. The number of carbonyl (C=O) groups excluding carboxylic acids is 2. The zero-order valence-corrected chi connectivity index (χ0v) is 20.6. The van der Waals surface area contributed by atoms with Crippen molar-refractivity contribution in [1.29, 1.82) is 0 Å². The molecule has 3 aromatic rings. The van der Waals surface area contributed by atoms with Crippen molar-refractivity contribution in [2.24, 2.45) is 5.10 Å². The molecule has 0 aliphatic rings. The molecule has 0 aliphatic heterocycles. The Hall–Kier alpha value is -3.85. The highest BCUT2D eigenvalue weighted by atomic mass is 79.9. The molecule has 3 aromatic carbocycles. The van der Waals surface area contributed by atoms with Crippen LogP contribution in [0.3, 0.4) is 0 Å². The molecule has 34 heavy (non-hydrogen) atoms. The molecule has 0 aliphatic carbocycles. The minimum Gasteiger partial charge on any atom is -0.493 e. The van der Waals surface area contributed by atoms with Gasteiger partial charge in [0.1, 0.15) is 0 Å². The molecular weight excluding hydrogens is 500 g/mol. The Morgan fingerprint density at radius 2 is 1.74 bits per heavy atom. The number of para-hydroxylation sites is 1. The van der Waals surface area contributed by atoms with Crippen LogP contribution < -0.4 is 25.5 Å². The molecule has 0 spiro atoms. The molecule has 3 amide bonds. The Morgan fingerprint density at radius 1 is 1.00 bits per heavy atom. The number of hydrogen-bond acceptors (Lipinski definition) is 5. The number of hydrazone groups is 1. The SMILES string of the molecule is COc1cc(C=NNC(=O)Nc2ccccc2C)c(Br)cc1OCC(=O)Nc1ccc(C)cc1. The fourth-order valence-corrected chi connectivity index (χ4v) is 3.35. The molecule has 0 fully saturated rings. The van der Waals surface area contributed by atoms with Crippen LogP contribution in [-0.4, -0.2) is 31.9 Å². The maximum Gasteiger partial charge on any atom is 0.339 e. The standard InChI is InChI=1S/C25H25BrN4O4/c1-16-8-10-19(11-9-16)28-24(31)15-34-23-13-20(26)18(12-22(23)33-3)14-27-30-25(32)29-21-7-5-4-6-17(21)2/h4-14H,15H2,1-3H3,(H,28,31)(H2,29,30,32). The van der Waals surface area contributed by atoms with Gasteiger partial charge in [0.2, 0.25) is 0 Å². The summed E-state index contributed by atoms with van der Waals surface area (Å²) in [5, 5.41) is 9.49. The fraction of sp³-hybridized carbons (Fsp3) is 0.160. The van der Waals surface area contributed by atoms with E-state index in [1.54, 1.807) is 18.2 Å². The summed E-state index contributed by atoms with van der Waals surface area (Å²) in [6.45, 7) is 3.69. The molecule has 3 rings (SSSR count). The number of anilines is 2. The van der Waals surface area contributed by atoms with E-state index < -0.39 is 6.03 Å². The summed E-state index contributed by atoms with van der Waals surface area (Å²) in [7, 11) is 1.50. The van der Waals surface area contributed by atoms with E-state index in [4.69, 9.17) is 9.47 Å². The largest absolute Gasteiger partial charge is 0.493 e. The van der Waals surface area contributed by atoms with Crippen LogP contribution in [0.2, 0.25) is 0 Å². The number of amides is 3.